The SMILES string of the molecule is CC.Cc1ccc([N+](=O)[O-])o1.Cc1ccc2nonc2c1. The maximum absolute atomic E-state index is 9.93. The van der Waals surface area contributed by atoms with Crippen LogP contribution in [0.25, 0.3) is 11.0 Å². The minimum atomic E-state index is -0.562. The topological polar surface area (TPSA) is 95.2 Å². The van der Waals surface area contributed by atoms with Crippen LogP contribution in [0, 0.1) is 24.0 Å². The van der Waals surface area contributed by atoms with Crippen LogP contribution in [0.3, 0.4) is 0 Å². The molecule has 0 aliphatic heterocycles. The van der Waals surface area contributed by atoms with Gasteiger partial charge in [0.05, 0.1) is 6.07 Å². The van der Waals surface area contributed by atoms with Gasteiger partial charge in [-0.1, -0.05) is 19.9 Å². The Morgan fingerprint density at radius 1 is 1.05 bits per heavy atom. The van der Waals surface area contributed by atoms with Gasteiger partial charge in [-0.25, -0.2) is 4.63 Å². The quantitative estimate of drug-likeness (QED) is 0.495. The number of furan rings is 1. The van der Waals surface area contributed by atoms with Crippen LogP contribution in [-0.4, -0.2) is 15.2 Å². The molecule has 7 nitrogen and oxygen atoms in total. The van der Waals surface area contributed by atoms with Gasteiger partial charge >= 0.3 is 5.88 Å². The van der Waals surface area contributed by atoms with Crippen molar-refractivity contribution in [2.45, 2.75) is 27.7 Å². The highest BCUT2D eigenvalue weighted by molar-refractivity contribution is 5.73. The molecule has 0 radical (unpaired) electrons. The zero-order chi connectivity index (χ0) is 15.8. The van der Waals surface area contributed by atoms with Crippen LogP contribution in [-0.2, 0) is 0 Å². The maximum atomic E-state index is 9.93. The normalized spacial score (nSPS) is 9.33. The van der Waals surface area contributed by atoms with Crippen molar-refractivity contribution in [3.05, 3.63) is 51.8 Å². The Balaban J connectivity index is 0.000000189. The fraction of sp³-hybridized carbons (Fsp3) is 0.286. The predicted molar refractivity (Wildman–Crippen MR) is 78.0 cm³/mol. The van der Waals surface area contributed by atoms with E-state index in [4.69, 9.17) is 0 Å². The Bertz CT molecular complexity index is 703. The Morgan fingerprint density at radius 2 is 1.71 bits per heavy atom. The lowest BCUT2D eigenvalue weighted by Gasteiger charge is -1.85. The van der Waals surface area contributed by atoms with E-state index in [1.54, 1.807) is 13.0 Å². The summed E-state index contributed by atoms with van der Waals surface area (Å²) in [5.41, 5.74) is 2.80. The van der Waals surface area contributed by atoms with Crippen molar-refractivity contribution in [3.8, 4) is 0 Å². The standard InChI is InChI=1S/C7H6N2O.C5H5NO3.C2H6/c1-5-2-3-6-7(4-5)9-10-8-6;1-4-2-3-5(9-4)6(7)8;1-2/h2-4H,1H3;2-3H,1H3;1-2H3. The summed E-state index contributed by atoms with van der Waals surface area (Å²) in [6, 6.07) is 8.69. The lowest BCUT2D eigenvalue weighted by Crippen LogP contribution is -1.82. The summed E-state index contributed by atoms with van der Waals surface area (Å²) in [7, 11) is 0. The second kappa shape index (κ2) is 7.78. The van der Waals surface area contributed by atoms with Gasteiger partial charge in [0.1, 0.15) is 21.7 Å². The molecule has 0 bridgehead atoms. The molecule has 0 N–H and O–H groups in total. The molecule has 0 fully saturated rings. The maximum Gasteiger partial charge on any atom is 0.433 e. The fourth-order valence-corrected chi connectivity index (χ4v) is 1.41. The number of fused-ring (bicyclic) bond motifs is 1. The first-order chi connectivity index (χ1) is 10.1. The van der Waals surface area contributed by atoms with Gasteiger partial charge in [0.25, 0.3) is 0 Å². The van der Waals surface area contributed by atoms with E-state index >= 15 is 0 Å². The molecule has 0 spiro atoms. The molecule has 0 saturated carbocycles. The van der Waals surface area contributed by atoms with Crippen LogP contribution in [0.4, 0.5) is 5.88 Å². The summed E-state index contributed by atoms with van der Waals surface area (Å²) in [6.07, 6.45) is 0. The van der Waals surface area contributed by atoms with Crippen LogP contribution in [0.15, 0.2) is 39.4 Å². The molecular weight excluding hydrogens is 274 g/mol. The fourth-order valence-electron chi connectivity index (χ4n) is 1.41. The van der Waals surface area contributed by atoms with Crippen molar-refractivity contribution in [3.63, 3.8) is 0 Å². The average Bonchev–Trinajstić information content (AvgIpc) is 3.10. The van der Waals surface area contributed by atoms with Crippen LogP contribution >= 0.6 is 0 Å². The molecule has 0 aliphatic rings. The predicted octanol–water partition coefficient (Wildman–Crippen LogP) is 4.05. The molecule has 21 heavy (non-hydrogen) atoms. The highest BCUT2D eigenvalue weighted by Crippen LogP contribution is 2.13. The third kappa shape index (κ3) is 4.72. The molecule has 7 heteroatoms. The van der Waals surface area contributed by atoms with Crippen molar-refractivity contribution in [1.82, 2.24) is 10.3 Å². The van der Waals surface area contributed by atoms with Gasteiger partial charge in [-0.15, -0.1) is 0 Å². The number of hydrogen-bond donors (Lipinski definition) is 0. The summed E-state index contributed by atoms with van der Waals surface area (Å²) in [5.74, 6) is 0.356. The van der Waals surface area contributed by atoms with Crippen molar-refractivity contribution >= 4 is 16.9 Å². The zero-order valence-electron chi connectivity index (χ0n) is 12.4. The van der Waals surface area contributed by atoms with Crippen molar-refractivity contribution in [2.75, 3.05) is 0 Å². The Labute approximate surface area is 121 Å². The van der Waals surface area contributed by atoms with Crippen LogP contribution in [0.5, 0.6) is 0 Å². The van der Waals surface area contributed by atoms with Gasteiger partial charge in [0.15, 0.2) is 0 Å². The van der Waals surface area contributed by atoms with E-state index in [-0.39, 0.29) is 5.88 Å². The molecule has 3 rings (SSSR count). The van der Waals surface area contributed by atoms with Crippen LogP contribution in [0.1, 0.15) is 25.2 Å². The number of aromatic nitrogens is 2. The lowest BCUT2D eigenvalue weighted by atomic mass is 10.2. The first-order valence-corrected chi connectivity index (χ1v) is 6.46. The zero-order valence-corrected chi connectivity index (χ0v) is 12.4. The second-order valence-corrected chi connectivity index (χ2v) is 3.90. The summed E-state index contributed by atoms with van der Waals surface area (Å²) in [4.78, 5) is 9.36. The third-order valence-corrected chi connectivity index (χ3v) is 2.32. The molecule has 0 aliphatic carbocycles. The van der Waals surface area contributed by atoms with Gasteiger partial charge < -0.3 is 4.42 Å². The highest BCUT2D eigenvalue weighted by Gasteiger charge is 2.07. The molecule has 2 aromatic heterocycles. The molecule has 2 heterocycles. The van der Waals surface area contributed by atoms with E-state index in [9.17, 15) is 10.1 Å². The molecule has 0 atom stereocenters. The van der Waals surface area contributed by atoms with E-state index in [1.807, 2.05) is 39.0 Å². The second-order valence-electron chi connectivity index (χ2n) is 3.90. The Kier molecular flexibility index (Phi) is 6.06. The first kappa shape index (κ1) is 16.4. The van der Waals surface area contributed by atoms with Gasteiger partial charge in [-0.3, -0.25) is 10.1 Å². The number of rotatable bonds is 1. The molecule has 112 valence electrons. The largest absolute Gasteiger partial charge is 0.433 e. The Hall–Kier alpha value is -2.70. The summed E-state index contributed by atoms with van der Waals surface area (Å²) in [6.45, 7) is 7.67. The average molecular weight is 291 g/mol. The summed E-state index contributed by atoms with van der Waals surface area (Å²) in [5, 5.41) is 17.3. The Morgan fingerprint density at radius 3 is 2.24 bits per heavy atom. The van der Waals surface area contributed by atoms with Gasteiger partial charge in [0, 0.05) is 0 Å². The summed E-state index contributed by atoms with van der Waals surface area (Å²) >= 11 is 0. The summed E-state index contributed by atoms with van der Waals surface area (Å²) < 4.78 is 9.17. The molecule has 0 saturated heterocycles. The molecule has 1 aromatic carbocycles. The minimum Gasteiger partial charge on any atom is -0.406 e. The monoisotopic (exact) mass is 291 g/mol. The molecule has 3 aromatic rings. The molecular formula is C14H17N3O4. The van der Waals surface area contributed by atoms with Crippen molar-refractivity contribution < 1.29 is 14.0 Å². The number of nitro groups is 1. The van der Waals surface area contributed by atoms with Crippen LogP contribution in [0.2, 0.25) is 0 Å². The first-order valence-electron chi connectivity index (χ1n) is 6.46. The van der Waals surface area contributed by atoms with E-state index in [0.717, 1.165) is 11.0 Å². The number of benzene rings is 1. The van der Waals surface area contributed by atoms with E-state index in [1.165, 1.54) is 11.6 Å². The van der Waals surface area contributed by atoms with E-state index in [0.29, 0.717) is 5.76 Å². The number of aryl methyl sites for hydroxylation is 2. The third-order valence-electron chi connectivity index (χ3n) is 2.32. The number of hydrogen-bond acceptors (Lipinski definition) is 6. The molecule has 0 unspecified atom stereocenters. The van der Waals surface area contributed by atoms with Gasteiger partial charge in [-0.05, 0) is 47.9 Å². The highest BCUT2D eigenvalue weighted by atomic mass is 16.6. The lowest BCUT2D eigenvalue weighted by molar-refractivity contribution is -0.402. The van der Waals surface area contributed by atoms with Crippen LogP contribution < -0.4 is 0 Å². The molecule has 0 amide bonds. The van der Waals surface area contributed by atoms with Gasteiger partial charge in [0.2, 0.25) is 0 Å². The van der Waals surface area contributed by atoms with E-state index in [2.05, 4.69) is 19.4 Å². The van der Waals surface area contributed by atoms with Gasteiger partial charge in [-0.2, -0.15) is 0 Å². The van der Waals surface area contributed by atoms with Crippen molar-refractivity contribution in [1.29, 1.82) is 0 Å². The van der Waals surface area contributed by atoms with Crippen molar-refractivity contribution in [2.24, 2.45) is 0 Å². The van der Waals surface area contributed by atoms with E-state index < -0.39 is 4.92 Å². The number of nitrogens with zero attached hydrogens (tertiary/aromatic N) is 3. The minimum absolute atomic E-state index is 0.201. The smallest absolute Gasteiger partial charge is 0.406 e.